The van der Waals surface area contributed by atoms with Crippen LogP contribution in [0.5, 0.6) is 11.5 Å². The maximum absolute atomic E-state index is 12.5. The molecule has 6 nitrogen and oxygen atoms in total. The Bertz CT molecular complexity index is 871. The van der Waals surface area contributed by atoms with Crippen molar-refractivity contribution in [3.63, 3.8) is 0 Å². The zero-order valence-corrected chi connectivity index (χ0v) is 14.2. The van der Waals surface area contributed by atoms with Crippen LogP contribution in [0.3, 0.4) is 0 Å². The minimum Gasteiger partial charge on any atom is -0.422 e. The molecule has 3 rings (SSSR count). The number of hydrogen-bond donors (Lipinski definition) is 1. The molecule has 134 valence electrons. The summed E-state index contributed by atoms with van der Waals surface area (Å²) in [6.45, 7) is 0. The zero-order valence-electron chi connectivity index (χ0n) is 14.2. The molecular formula is C21H16N2O4. The molecule has 0 amide bonds. The minimum atomic E-state index is -0.925. The largest absolute Gasteiger partial charge is 0.422 e. The fourth-order valence-corrected chi connectivity index (χ4v) is 2.10. The molecule has 0 atom stereocenters. The highest BCUT2D eigenvalue weighted by molar-refractivity contribution is 6.63. The number of hydrogen-bond acceptors (Lipinski definition) is 6. The van der Waals surface area contributed by atoms with Gasteiger partial charge in [0.05, 0.1) is 5.69 Å². The molecule has 0 saturated carbocycles. The third kappa shape index (κ3) is 5.27. The van der Waals surface area contributed by atoms with E-state index in [9.17, 15) is 9.59 Å². The summed E-state index contributed by atoms with van der Waals surface area (Å²) >= 11 is 0. The molecule has 0 spiro atoms. The van der Waals surface area contributed by atoms with Crippen LogP contribution in [0, 0.1) is 0 Å². The third-order valence-electron chi connectivity index (χ3n) is 3.36. The van der Waals surface area contributed by atoms with Gasteiger partial charge >= 0.3 is 11.9 Å². The SMILES string of the molecule is O=C(Oc1ccccc1)C(=NNc1ccccc1)C(=O)Oc1ccccc1. The second-order valence-corrected chi connectivity index (χ2v) is 5.34. The average molecular weight is 360 g/mol. The van der Waals surface area contributed by atoms with Gasteiger partial charge in [0.15, 0.2) is 0 Å². The van der Waals surface area contributed by atoms with E-state index in [0.717, 1.165) is 0 Å². The van der Waals surface area contributed by atoms with Gasteiger partial charge in [0, 0.05) is 0 Å². The molecule has 0 bridgehead atoms. The first-order valence-corrected chi connectivity index (χ1v) is 8.15. The smallest absolute Gasteiger partial charge is 0.371 e. The Morgan fingerprint density at radius 2 is 1.04 bits per heavy atom. The lowest BCUT2D eigenvalue weighted by atomic mass is 10.3. The number of esters is 2. The van der Waals surface area contributed by atoms with Crippen molar-refractivity contribution in [1.82, 2.24) is 0 Å². The van der Waals surface area contributed by atoms with Crippen molar-refractivity contribution in [1.29, 1.82) is 0 Å². The van der Waals surface area contributed by atoms with Crippen molar-refractivity contribution in [3.8, 4) is 11.5 Å². The molecule has 6 heteroatoms. The van der Waals surface area contributed by atoms with Gasteiger partial charge in [-0.2, -0.15) is 5.10 Å². The molecule has 0 heterocycles. The Kier molecular flexibility index (Phi) is 5.93. The lowest BCUT2D eigenvalue weighted by molar-refractivity contribution is -0.131. The van der Waals surface area contributed by atoms with Crippen molar-refractivity contribution in [3.05, 3.63) is 91.0 Å². The molecule has 3 aromatic carbocycles. The molecule has 0 aliphatic carbocycles. The van der Waals surface area contributed by atoms with Crippen LogP contribution in [0.1, 0.15) is 0 Å². The molecule has 1 N–H and O–H groups in total. The van der Waals surface area contributed by atoms with Crippen molar-refractivity contribution < 1.29 is 19.1 Å². The molecule has 0 aromatic heterocycles. The van der Waals surface area contributed by atoms with Gasteiger partial charge in [-0.15, -0.1) is 0 Å². The number of carbonyl (C=O) groups excluding carboxylic acids is 2. The van der Waals surface area contributed by atoms with E-state index >= 15 is 0 Å². The summed E-state index contributed by atoms with van der Waals surface area (Å²) < 4.78 is 10.4. The third-order valence-corrected chi connectivity index (χ3v) is 3.36. The monoisotopic (exact) mass is 360 g/mol. The number of para-hydroxylation sites is 3. The Labute approximate surface area is 156 Å². The van der Waals surface area contributed by atoms with Crippen LogP contribution < -0.4 is 14.9 Å². The van der Waals surface area contributed by atoms with E-state index in [1.807, 2.05) is 6.07 Å². The van der Waals surface area contributed by atoms with Crippen molar-refractivity contribution in [2.75, 3.05) is 5.43 Å². The summed E-state index contributed by atoms with van der Waals surface area (Å²) in [5.74, 6) is -1.26. The number of benzene rings is 3. The first-order valence-electron chi connectivity index (χ1n) is 8.15. The maximum atomic E-state index is 12.5. The van der Waals surface area contributed by atoms with Gasteiger partial charge < -0.3 is 9.47 Å². The van der Waals surface area contributed by atoms with Gasteiger partial charge in [-0.1, -0.05) is 54.6 Å². The Balaban J connectivity index is 1.81. The predicted octanol–water partition coefficient (Wildman–Crippen LogP) is 3.67. The number of carbonyl (C=O) groups is 2. The van der Waals surface area contributed by atoms with E-state index in [0.29, 0.717) is 17.2 Å². The lowest BCUT2D eigenvalue weighted by Crippen LogP contribution is -2.32. The molecule has 0 unspecified atom stereocenters. The number of hydrazone groups is 1. The summed E-state index contributed by atoms with van der Waals surface area (Å²) in [6.07, 6.45) is 0. The number of nitrogens with zero attached hydrogens (tertiary/aromatic N) is 1. The summed E-state index contributed by atoms with van der Waals surface area (Å²) in [6, 6.07) is 25.7. The molecule has 27 heavy (non-hydrogen) atoms. The molecule has 0 fully saturated rings. The number of ether oxygens (including phenoxy) is 2. The van der Waals surface area contributed by atoms with Crippen molar-refractivity contribution in [2.24, 2.45) is 5.10 Å². The quantitative estimate of drug-likeness (QED) is 0.239. The van der Waals surface area contributed by atoms with E-state index in [1.54, 1.807) is 84.9 Å². The van der Waals surface area contributed by atoms with Gasteiger partial charge in [-0.25, -0.2) is 9.59 Å². The van der Waals surface area contributed by atoms with Gasteiger partial charge in [0.1, 0.15) is 11.5 Å². The van der Waals surface area contributed by atoms with Crippen LogP contribution >= 0.6 is 0 Å². The Morgan fingerprint density at radius 1 is 0.630 bits per heavy atom. The maximum Gasteiger partial charge on any atom is 0.371 e. The molecule has 0 saturated heterocycles. The fraction of sp³-hybridized carbons (Fsp3) is 0. The van der Waals surface area contributed by atoms with Crippen LogP contribution in [-0.4, -0.2) is 17.7 Å². The molecule has 3 aromatic rings. The zero-order chi connectivity index (χ0) is 18.9. The molecule has 0 radical (unpaired) electrons. The standard InChI is InChI=1S/C21H16N2O4/c24-20(26-17-12-6-2-7-13-17)19(23-22-16-10-4-1-5-11-16)21(25)27-18-14-8-3-9-15-18/h1-15,22H. The van der Waals surface area contributed by atoms with Crippen LogP contribution in [-0.2, 0) is 9.59 Å². The number of anilines is 1. The highest BCUT2D eigenvalue weighted by Gasteiger charge is 2.25. The first kappa shape index (κ1) is 17.9. The summed E-state index contributed by atoms with van der Waals surface area (Å²) in [5.41, 5.74) is 2.76. The van der Waals surface area contributed by atoms with Gasteiger partial charge in [-0.05, 0) is 36.4 Å². The van der Waals surface area contributed by atoms with E-state index in [4.69, 9.17) is 9.47 Å². The van der Waals surface area contributed by atoms with Crippen LogP contribution in [0.15, 0.2) is 96.1 Å². The van der Waals surface area contributed by atoms with Crippen LogP contribution in [0.2, 0.25) is 0 Å². The summed E-state index contributed by atoms with van der Waals surface area (Å²) in [7, 11) is 0. The van der Waals surface area contributed by atoms with E-state index < -0.39 is 17.7 Å². The first-order chi connectivity index (χ1) is 13.2. The van der Waals surface area contributed by atoms with E-state index in [1.165, 1.54) is 0 Å². The highest BCUT2D eigenvalue weighted by atomic mass is 16.6. The van der Waals surface area contributed by atoms with Gasteiger partial charge in [0.25, 0.3) is 5.71 Å². The number of nitrogens with one attached hydrogen (secondary N) is 1. The van der Waals surface area contributed by atoms with Crippen LogP contribution in [0.25, 0.3) is 0 Å². The second-order valence-electron chi connectivity index (χ2n) is 5.34. The predicted molar refractivity (Wildman–Crippen MR) is 102 cm³/mol. The summed E-state index contributed by atoms with van der Waals surface area (Å²) in [5, 5.41) is 3.90. The average Bonchev–Trinajstić information content (AvgIpc) is 2.70. The van der Waals surface area contributed by atoms with Crippen molar-refractivity contribution in [2.45, 2.75) is 0 Å². The van der Waals surface area contributed by atoms with E-state index in [2.05, 4.69) is 10.5 Å². The molecule has 0 aliphatic rings. The minimum absolute atomic E-state index is 0.294. The fourth-order valence-electron chi connectivity index (χ4n) is 2.10. The topological polar surface area (TPSA) is 77.0 Å². The van der Waals surface area contributed by atoms with Gasteiger partial charge in [0.2, 0.25) is 0 Å². The Morgan fingerprint density at radius 3 is 1.48 bits per heavy atom. The Hall–Kier alpha value is -3.93. The summed E-state index contributed by atoms with van der Waals surface area (Å²) in [4.78, 5) is 24.9. The molecular weight excluding hydrogens is 344 g/mol. The normalized spacial score (nSPS) is 9.78. The second kappa shape index (κ2) is 8.96. The van der Waals surface area contributed by atoms with E-state index in [-0.39, 0.29) is 0 Å². The number of rotatable bonds is 6. The molecule has 0 aliphatic heterocycles. The van der Waals surface area contributed by atoms with Crippen LogP contribution in [0.4, 0.5) is 5.69 Å². The lowest BCUT2D eigenvalue weighted by Gasteiger charge is -2.08. The van der Waals surface area contributed by atoms with Gasteiger partial charge in [-0.3, -0.25) is 5.43 Å². The highest BCUT2D eigenvalue weighted by Crippen LogP contribution is 2.12. The van der Waals surface area contributed by atoms with Crippen molar-refractivity contribution >= 4 is 23.3 Å².